The molecule has 2 rings (SSSR count). The minimum atomic E-state index is -0.882. The van der Waals surface area contributed by atoms with Crippen LogP contribution in [0.1, 0.15) is 24.4 Å². The van der Waals surface area contributed by atoms with Crippen LogP contribution in [0, 0.1) is 0 Å². The number of ketones is 1. The fraction of sp³-hybridized carbons (Fsp3) is 0.286. The Kier molecular flexibility index (Phi) is 3.85. The van der Waals surface area contributed by atoms with E-state index in [2.05, 4.69) is 5.32 Å². The normalized spacial score (nSPS) is 12.1. The van der Waals surface area contributed by atoms with E-state index in [0.717, 1.165) is 5.39 Å². The molecule has 19 heavy (non-hydrogen) atoms. The molecule has 5 heteroatoms. The SMILES string of the molecule is CCNC(=O)O[C@@H](C)C(=O)c1cc2ccccc2o1. The third-order valence-electron chi connectivity index (χ3n) is 2.64. The molecular formula is C14H15NO4. The van der Waals surface area contributed by atoms with Gasteiger partial charge in [0.15, 0.2) is 11.9 Å². The molecule has 1 N–H and O–H groups in total. The Balaban J connectivity index is 2.12. The number of alkyl carbamates (subject to hydrolysis) is 1. The van der Waals surface area contributed by atoms with Crippen LogP contribution in [-0.2, 0) is 4.74 Å². The van der Waals surface area contributed by atoms with E-state index in [1.54, 1.807) is 19.1 Å². The lowest BCUT2D eigenvalue weighted by Crippen LogP contribution is -2.31. The quantitative estimate of drug-likeness (QED) is 0.859. The van der Waals surface area contributed by atoms with Crippen LogP contribution in [0.15, 0.2) is 34.7 Å². The Hall–Kier alpha value is -2.30. The average molecular weight is 261 g/mol. The first-order chi connectivity index (χ1) is 9.11. The van der Waals surface area contributed by atoms with Crippen molar-refractivity contribution in [3.8, 4) is 0 Å². The Labute approximate surface area is 110 Å². The fourth-order valence-corrected chi connectivity index (χ4v) is 1.70. The average Bonchev–Trinajstić information content (AvgIpc) is 2.81. The molecule has 5 nitrogen and oxygen atoms in total. The highest BCUT2D eigenvalue weighted by Gasteiger charge is 2.22. The number of amides is 1. The highest BCUT2D eigenvalue weighted by atomic mass is 16.6. The highest BCUT2D eigenvalue weighted by Crippen LogP contribution is 2.20. The summed E-state index contributed by atoms with van der Waals surface area (Å²) in [6.07, 6.45) is -1.49. The maximum Gasteiger partial charge on any atom is 0.407 e. The third-order valence-corrected chi connectivity index (χ3v) is 2.64. The molecule has 100 valence electrons. The summed E-state index contributed by atoms with van der Waals surface area (Å²) >= 11 is 0. The number of carbonyl (C=O) groups is 2. The van der Waals surface area contributed by atoms with Gasteiger partial charge < -0.3 is 14.5 Å². The van der Waals surface area contributed by atoms with Crippen molar-refractivity contribution in [2.24, 2.45) is 0 Å². The van der Waals surface area contributed by atoms with Crippen molar-refractivity contribution < 1.29 is 18.7 Å². The molecule has 2 aromatic rings. The zero-order valence-corrected chi connectivity index (χ0v) is 10.8. The van der Waals surface area contributed by atoms with Gasteiger partial charge in [-0.15, -0.1) is 0 Å². The molecular weight excluding hydrogens is 246 g/mol. The van der Waals surface area contributed by atoms with Gasteiger partial charge in [0.2, 0.25) is 5.78 Å². The largest absolute Gasteiger partial charge is 0.453 e. The van der Waals surface area contributed by atoms with Crippen LogP contribution in [0.4, 0.5) is 4.79 Å². The summed E-state index contributed by atoms with van der Waals surface area (Å²) < 4.78 is 10.4. The van der Waals surface area contributed by atoms with Crippen molar-refractivity contribution in [1.29, 1.82) is 0 Å². The van der Waals surface area contributed by atoms with E-state index in [4.69, 9.17) is 9.15 Å². The summed E-state index contributed by atoms with van der Waals surface area (Å²) in [5, 5.41) is 3.31. The van der Waals surface area contributed by atoms with Gasteiger partial charge in [0.05, 0.1) is 0 Å². The number of benzene rings is 1. The van der Waals surface area contributed by atoms with Gasteiger partial charge in [-0.2, -0.15) is 0 Å². The molecule has 0 fully saturated rings. The summed E-state index contributed by atoms with van der Waals surface area (Å²) in [6, 6.07) is 8.97. The van der Waals surface area contributed by atoms with Crippen LogP contribution < -0.4 is 5.32 Å². The number of Topliss-reactive ketones (excluding diaryl/α,β-unsaturated/α-hetero) is 1. The van der Waals surface area contributed by atoms with Gasteiger partial charge in [0, 0.05) is 11.9 Å². The van der Waals surface area contributed by atoms with E-state index in [1.807, 2.05) is 18.2 Å². The summed E-state index contributed by atoms with van der Waals surface area (Å²) in [7, 11) is 0. The van der Waals surface area contributed by atoms with Crippen molar-refractivity contribution in [3.05, 3.63) is 36.1 Å². The van der Waals surface area contributed by atoms with E-state index < -0.39 is 12.2 Å². The van der Waals surface area contributed by atoms with Crippen LogP contribution in [-0.4, -0.2) is 24.5 Å². The number of hydrogen-bond donors (Lipinski definition) is 1. The second-order valence-corrected chi connectivity index (χ2v) is 4.09. The van der Waals surface area contributed by atoms with Gasteiger partial charge in [-0.3, -0.25) is 4.79 Å². The molecule has 0 radical (unpaired) electrons. The van der Waals surface area contributed by atoms with Crippen LogP contribution in [0.5, 0.6) is 0 Å². The van der Waals surface area contributed by atoms with Gasteiger partial charge >= 0.3 is 6.09 Å². The number of ether oxygens (including phenoxy) is 1. The van der Waals surface area contributed by atoms with Crippen LogP contribution >= 0.6 is 0 Å². The lowest BCUT2D eigenvalue weighted by molar-refractivity contribution is 0.0649. The fourth-order valence-electron chi connectivity index (χ4n) is 1.70. The van der Waals surface area contributed by atoms with Crippen molar-refractivity contribution in [2.45, 2.75) is 20.0 Å². The van der Waals surface area contributed by atoms with Gasteiger partial charge in [-0.25, -0.2) is 4.79 Å². The molecule has 1 atom stereocenters. The van der Waals surface area contributed by atoms with E-state index >= 15 is 0 Å². The summed E-state index contributed by atoms with van der Waals surface area (Å²) in [6.45, 7) is 3.74. The van der Waals surface area contributed by atoms with Gasteiger partial charge in [-0.05, 0) is 26.0 Å². The zero-order valence-electron chi connectivity index (χ0n) is 10.8. The standard InChI is InChI=1S/C14H15NO4/c1-3-15-14(17)18-9(2)13(16)12-8-10-6-4-5-7-11(10)19-12/h4-9H,3H2,1-2H3,(H,15,17)/t9-/m0/s1. The van der Waals surface area contributed by atoms with Crippen molar-refractivity contribution >= 4 is 22.8 Å². The smallest absolute Gasteiger partial charge is 0.407 e. The molecule has 0 saturated heterocycles. The molecule has 0 unspecified atom stereocenters. The topological polar surface area (TPSA) is 68.5 Å². The van der Waals surface area contributed by atoms with E-state index in [1.165, 1.54) is 6.92 Å². The van der Waals surface area contributed by atoms with Crippen LogP contribution in [0.25, 0.3) is 11.0 Å². The second-order valence-electron chi connectivity index (χ2n) is 4.09. The van der Waals surface area contributed by atoms with E-state index in [-0.39, 0.29) is 11.5 Å². The molecule has 1 aromatic heterocycles. The number of fused-ring (bicyclic) bond motifs is 1. The minimum absolute atomic E-state index is 0.193. The first-order valence-electron chi connectivity index (χ1n) is 6.09. The summed E-state index contributed by atoms with van der Waals surface area (Å²) in [4.78, 5) is 23.3. The lowest BCUT2D eigenvalue weighted by Gasteiger charge is -2.10. The van der Waals surface area contributed by atoms with Crippen molar-refractivity contribution in [3.63, 3.8) is 0 Å². The third kappa shape index (κ3) is 2.93. The van der Waals surface area contributed by atoms with E-state index in [9.17, 15) is 9.59 Å². The van der Waals surface area contributed by atoms with Gasteiger partial charge in [0.1, 0.15) is 5.58 Å². The molecule has 0 aliphatic carbocycles. The molecule has 0 aliphatic heterocycles. The Bertz CT molecular complexity index is 569. The maximum atomic E-state index is 12.1. The number of hydrogen-bond acceptors (Lipinski definition) is 4. The maximum absolute atomic E-state index is 12.1. The number of nitrogens with one attached hydrogen (secondary N) is 1. The monoisotopic (exact) mass is 261 g/mol. The van der Waals surface area contributed by atoms with Gasteiger partial charge in [0.25, 0.3) is 0 Å². The first kappa shape index (κ1) is 13.1. The van der Waals surface area contributed by atoms with Crippen LogP contribution in [0.3, 0.4) is 0 Å². The Morgan fingerprint density at radius 1 is 1.37 bits per heavy atom. The highest BCUT2D eigenvalue weighted by molar-refractivity contribution is 6.00. The number of para-hydroxylation sites is 1. The number of rotatable bonds is 4. The summed E-state index contributed by atoms with van der Waals surface area (Å²) in [5.41, 5.74) is 0.635. The molecule has 1 heterocycles. The molecule has 0 aliphatic rings. The molecule has 1 aromatic carbocycles. The van der Waals surface area contributed by atoms with E-state index in [0.29, 0.717) is 12.1 Å². The number of carbonyl (C=O) groups excluding carboxylic acids is 2. The molecule has 0 saturated carbocycles. The molecule has 1 amide bonds. The van der Waals surface area contributed by atoms with Crippen molar-refractivity contribution in [1.82, 2.24) is 5.32 Å². The Morgan fingerprint density at radius 2 is 2.11 bits per heavy atom. The van der Waals surface area contributed by atoms with Crippen molar-refractivity contribution in [2.75, 3.05) is 6.54 Å². The molecule has 0 spiro atoms. The van der Waals surface area contributed by atoms with Gasteiger partial charge in [-0.1, -0.05) is 18.2 Å². The first-order valence-corrected chi connectivity index (χ1v) is 6.09. The number of furan rings is 1. The van der Waals surface area contributed by atoms with Crippen LogP contribution in [0.2, 0.25) is 0 Å². The predicted molar refractivity (Wildman–Crippen MR) is 70.2 cm³/mol. The predicted octanol–water partition coefficient (Wildman–Crippen LogP) is 2.75. The minimum Gasteiger partial charge on any atom is -0.453 e. The lowest BCUT2D eigenvalue weighted by atomic mass is 10.2. The molecule has 0 bridgehead atoms. The Morgan fingerprint density at radius 3 is 2.79 bits per heavy atom. The second kappa shape index (κ2) is 5.56. The zero-order chi connectivity index (χ0) is 13.8. The summed E-state index contributed by atoms with van der Waals surface area (Å²) in [5.74, 6) is -0.166.